The fraction of sp³-hybridized carbons (Fsp3) is 0.400. The SMILES string of the molecule is COc1cc(C(O)[C@H](C)[C@H](C)[C@@H](O)c2ccc(O)c(OC)c2)ccc1O. The fourth-order valence-corrected chi connectivity index (χ4v) is 2.94. The highest BCUT2D eigenvalue weighted by molar-refractivity contribution is 5.43. The lowest BCUT2D eigenvalue weighted by Crippen LogP contribution is -2.23. The van der Waals surface area contributed by atoms with Crippen LogP contribution in [-0.4, -0.2) is 34.6 Å². The van der Waals surface area contributed by atoms with Crippen LogP contribution in [0.5, 0.6) is 23.0 Å². The quantitative estimate of drug-likeness (QED) is 0.604. The summed E-state index contributed by atoms with van der Waals surface area (Å²) in [5, 5.41) is 40.8. The molecule has 0 aliphatic carbocycles. The molecule has 0 fully saturated rings. The van der Waals surface area contributed by atoms with Gasteiger partial charge in [0, 0.05) is 0 Å². The van der Waals surface area contributed by atoms with Crippen LogP contribution in [0.3, 0.4) is 0 Å². The summed E-state index contributed by atoms with van der Waals surface area (Å²) in [5.41, 5.74) is 1.18. The monoisotopic (exact) mass is 362 g/mol. The van der Waals surface area contributed by atoms with Crippen LogP contribution in [0, 0.1) is 11.8 Å². The fourth-order valence-electron chi connectivity index (χ4n) is 2.94. The molecule has 0 spiro atoms. The highest BCUT2D eigenvalue weighted by Gasteiger charge is 2.29. The van der Waals surface area contributed by atoms with Gasteiger partial charge < -0.3 is 29.9 Å². The first kappa shape index (κ1) is 19.9. The summed E-state index contributed by atoms with van der Waals surface area (Å²) in [6.45, 7) is 3.69. The number of phenolic OH excluding ortho intramolecular Hbond substituents is 2. The number of rotatable bonds is 7. The van der Waals surface area contributed by atoms with Crippen molar-refractivity contribution in [1.29, 1.82) is 0 Å². The maximum absolute atomic E-state index is 10.7. The minimum atomic E-state index is -0.854. The molecule has 2 aromatic carbocycles. The molecular formula is C20H26O6. The first-order chi connectivity index (χ1) is 12.3. The third-order valence-corrected chi connectivity index (χ3v) is 4.92. The lowest BCUT2D eigenvalue weighted by Gasteiger charge is -2.29. The predicted molar refractivity (Wildman–Crippen MR) is 97.6 cm³/mol. The minimum Gasteiger partial charge on any atom is -0.504 e. The van der Waals surface area contributed by atoms with Gasteiger partial charge in [-0.05, 0) is 47.2 Å². The number of benzene rings is 2. The molecule has 0 amide bonds. The van der Waals surface area contributed by atoms with Crippen LogP contribution in [0.1, 0.15) is 37.2 Å². The van der Waals surface area contributed by atoms with Crippen LogP contribution in [0.4, 0.5) is 0 Å². The molecule has 0 bridgehead atoms. The van der Waals surface area contributed by atoms with Crippen molar-refractivity contribution in [2.24, 2.45) is 11.8 Å². The molecule has 4 N–H and O–H groups in total. The highest BCUT2D eigenvalue weighted by atomic mass is 16.5. The summed E-state index contributed by atoms with van der Waals surface area (Å²) in [6.07, 6.45) is -1.71. The molecule has 4 atom stereocenters. The van der Waals surface area contributed by atoms with E-state index in [9.17, 15) is 20.4 Å². The molecule has 0 aliphatic heterocycles. The summed E-state index contributed by atoms with van der Waals surface area (Å²) in [6, 6.07) is 9.36. The van der Waals surface area contributed by atoms with Gasteiger partial charge >= 0.3 is 0 Å². The van der Waals surface area contributed by atoms with Gasteiger partial charge in [0.05, 0.1) is 26.4 Å². The average molecular weight is 362 g/mol. The largest absolute Gasteiger partial charge is 0.504 e. The Morgan fingerprint density at radius 2 is 1.04 bits per heavy atom. The first-order valence-corrected chi connectivity index (χ1v) is 8.40. The van der Waals surface area contributed by atoms with E-state index in [2.05, 4.69) is 0 Å². The van der Waals surface area contributed by atoms with Gasteiger partial charge in [0.25, 0.3) is 0 Å². The van der Waals surface area contributed by atoms with Crippen molar-refractivity contribution in [3.63, 3.8) is 0 Å². The third-order valence-electron chi connectivity index (χ3n) is 4.92. The van der Waals surface area contributed by atoms with Crippen LogP contribution in [-0.2, 0) is 0 Å². The van der Waals surface area contributed by atoms with E-state index in [1.807, 2.05) is 13.8 Å². The van der Waals surface area contributed by atoms with E-state index in [1.54, 1.807) is 24.3 Å². The molecule has 0 radical (unpaired) electrons. The molecule has 0 aliphatic rings. The Hall–Kier alpha value is -2.44. The second-order valence-electron chi connectivity index (χ2n) is 6.47. The second kappa shape index (κ2) is 8.29. The average Bonchev–Trinajstić information content (AvgIpc) is 2.66. The lowest BCUT2D eigenvalue weighted by atomic mass is 9.81. The topological polar surface area (TPSA) is 99.4 Å². The van der Waals surface area contributed by atoms with Gasteiger partial charge in [0.2, 0.25) is 0 Å². The number of ether oxygens (including phenoxy) is 2. The van der Waals surface area contributed by atoms with Crippen molar-refractivity contribution in [2.45, 2.75) is 26.1 Å². The van der Waals surface area contributed by atoms with Gasteiger partial charge in [-0.15, -0.1) is 0 Å². The second-order valence-corrected chi connectivity index (χ2v) is 6.47. The Labute approximate surface area is 153 Å². The van der Waals surface area contributed by atoms with E-state index in [0.29, 0.717) is 11.1 Å². The number of aromatic hydroxyl groups is 2. The number of aliphatic hydroxyl groups excluding tert-OH is 2. The van der Waals surface area contributed by atoms with Gasteiger partial charge in [-0.3, -0.25) is 0 Å². The lowest BCUT2D eigenvalue weighted by molar-refractivity contribution is 0.0209. The van der Waals surface area contributed by atoms with Gasteiger partial charge in [-0.2, -0.15) is 0 Å². The summed E-state index contributed by atoms with van der Waals surface area (Å²) in [7, 11) is 2.89. The number of hydrogen-bond acceptors (Lipinski definition) is 6. The number of hydrogen-bond donors (Lipinski definition) is 4. The molecular weight excluding hydrogens is 336 g/mol. The maximum atomic E-state index is 10.7. The number of methoxy groups -OCH3 is 2. The number of aliphatic hydroxyl groups is 2. The van der Waals surface area contributed by atoms with E-state index in [1.165, 1.54) is 26.4 Å². The summed E-state index contributed by atoms with van der Waals surface area (Å²) in [4.78, 5) is 0. The van der Waals surface area contributed by atoms with Crippen LogP contribution < -0.4 is 9.47 Å². The zero-order valence-electron chi connectivity index (χ0n) is 15.4. The van der Waals surface area contributed by atoms with E-state index < -0.39 is 12.2 Å². The van der Waals surface area contributed by atoms with E-state index in [4.69, 9.17) is 9.47 Å². The standard InChI is InChI=1S/C20H26O6/c1-11(19(23)13-5-7-15(21)17(9-13)25-3)12(2)20(24)14-6-8-16(22)18(10-14)26-4/h5-12,19-24H,1-4H3/t11-,12+,19+,20?/m0/s1. The van der Waals surface area contributed by atoms with Crippen molar-refractivity contribution < 1.29 is 29.9 Å². The Morgan fingerprint density at radius 1 is 0.692 bits per heavy atom. The molecule has 6 nitrogen and oxygen atoms in total. The molecule has 0 saturated heterocycles. The zero-order valence-corrected chi connectivity index (χ0v) is 15.4. The van der Waals surface area contributed by atoms with Crippen molar-refractivity contribution in [3.05, 3.63) is 47.5 Å². The third kappa shape index (κ3) is 4.03. The zero-order chi connectivity index (χ0) is 19.4. The number of phenols is 2. The molecule has 6 heteroatoms. The van der Waals surface area contributed by atoms with E-state index >= 15 is 0 Å². The predicted octanol–water partition coefficient (Wildman–Crippen LogP) is 3.15. The molecule has 26 heavy (non-hydrogen) atoms. The van der Waals surface area contributed by atoms with Gasteiger partial charge in [0.15, 0.2) is 23.0 Å². The van der Waals surface area contributed by atoms with Gasteiger partial charge in [0.1, 0.15) is 0 Å². The Bertz CT molecular complexity index is 682. The van der Waals surface area contributed by atoms with Crippen LogP contribution in [0.15, 0.2) is 36.4 Å². The molecule has 0 saturated carbocycles. The summed E-state index contributed by atoms with van der Waals surface area (Å²) in [5.74, 6) is -0.0192. The van der Waals surface area contributed by atoms with Gasteiger partial charge in [-0.25, -0.2) is 0 Å². The normalized spacial score (nSPS) is 15.8. The van der Waals surface area contributed by atoms with Crippen molar-refractivity contribution in [3.8, 4) is 23.0 Å². The highest BCUT2D eigenvalue weighted by Crippen LogP contribution is 2.39. The van der Waals surface area contributed by atoms with Crippen LogP contribution in [0.2, 0.25) is 0 Å². The van der Waals surface area contributed by atoms with E-state index in [-0.39, 0.29) is 34.8 Å². The van der Waals surface area contributed by atoms with E-state index in [0.717, 1.165) is 0 Å². The molecule has 0 heterocycles. The Morgan fingerprint density at radius 3 is 1.35 bits per heavy atom. The van der Waals surface area contributed by atoms with Crippen LogP contribution >= 0.6 is 0 Å². The first-order valence-electron chi connectivity index (χ1n) is 8.40. The molecule has 2 rings (SSSR count). The summed E-state index contributed by atoms with van der Waals surface area (Å²) < 4.78 is 10.2. The smallest absolute Gasteiger partial charge is 0.160 e. The van der Waals surface area contributed by atoms with Crippen molar-refractivity contribution in [1.82, 2.24) is 0 Å². The van der Waals surface area contributed by atoms with Crippen LogP contribution in [0.25, 0.3) is 0 Å². The maximum Gasteiger partial charge on any atom is 0.160 e. The minimum absolute atomic E-state index is 0.000347. The summed E-state index contributed by atoms with van der Waals surface area (Å²) >= 11 is 0. The molecule has 0 aromatic heterocycles. The van der Waals surface area contributed by atoms with Crippen molar-refractivity contribution in [2.75, 3.05) is 14.2 Å². The molecule has 2 aromatic rings. The molecule has 142 valence electrons. The Kier molecular flexibility index (Phi) is 6.34. The molecule has 1 unspecified atom stereocenters. The Balaban J connectivity index is 2.21. The van der Waals surface area contributed by atoms with Gasteiger partial charge in [-0.1, -0.05) is 26.0 Å². The van der Waals surface area contributed by atoms with Crippen molar-refractivity contribution >= 4 is 0 Å².